The maximum atomic E-state index is 12.5. The van der Waals surface area contributed by atoms with Crippen LogP contribution in [0.15, 0.2) is 24.3 Å². The minimum atomic E-state index is -0.892. The highest BCUT2D eigenvalue weighted by Gasteiger charge is 2.19. The number of hydrogen-bond acceptors (Lipinski definition) is 8. The average molecular weight is 765 g/mol. The Morgan fingerprint density at radius 3 is 1.31 bits per heavy atom. The third kappa shape index (κ3) is 39.3. The molecule has 2 N–H and O–H groups in total. The SMILES string of the molecule is CCCCCCCCC=CCCCCCCCC(=O)OCC(COC(=O)CCCCCCCC=CCCCCCCCC)OC(=O)NCCN(C)CCO. The van der Waals surface area contributed by atoms with Gasteiger partial charge in [0, 0.05) is 32.5 Å². The molecule has 9 nitrogen and oxygen atoms in total. The topological polar surface area (TPSA) is 114 Å². The van der Waals surface area contributed by atoms with Gasteiger partial charge < -0.3 is 29.5 Å². The van der Waals surface area contributed by atoms with Gasteiger partial charge in [0.15, 0.2) is 6.10 Å². The van der Waals surface area contributed by atoms with E-state index in [-0.39, 0.29) is 31.8 Å². The van der Waals surface area contributed by atoms with Crippen LogP contribution in [0.4, 0.5) is 4.79 Å². The van der Waals surface area contributed by atoms with Crippen LogP contribution in [0.1, 0.15) is 194 Å². The van der Waals surface area contributed by atoms with Crippen LogP contribution in [0, 0.1) is 0 Å². The van der Waals surface area contributed by atoms with Crippen LogP contribution in [-0.4, -0.2) is 80.6 Å². The highest BCUT2D eigenvalue weighted by Crippen LogP contribution is 2.13. The van der Waals surface area contributed by atoms with Crippen molar-refractivity contribution in [2.75, 3.05) is 46.5 Å². The second kappa shape index (κ2) is 41.8. The van der Waals surface area contributed by atoms with E-state index in [2.05, 4.69) is 43.5 Å². The van der Waals surface area contributed by atoms with Crippen LogP contribution in [-0.2, 0) is 23.8 Å². The molecule has 54 heavy (non-hydrogen) atoms. The Hall–Kier alpha value is -2.39. The van der Waals surface area contributed by atoms with E-state index >= 15 is 0 Å². The lowest BCUT2D eigenvalue weighted by atomic mass is 10.1. The first-order valence-corrected chi connectivity index (χ1v) is 22.3. The number of carbonyl (C=O) groups is 3. The Bertz CT molecular complexity index is 854. The van der Waals surface area contributed by atoms with Crippen LogP contribution in [0.5, 0.6) is 0 Å². The zero-order valence-electron chi connectivity index (χ0n) is 35.3. The number of esters is 2. The molecule has 0 bridgehead atoms. The summed E-state index contributed by atoms with van der Waals surface area (Å²) in [4.78, 5) is 39.2. The number of allylic oxidation sites excluding steroid dienone is 4. The molecule has 0 aliphatic heterocycles. The molecule has 316 valence electrons. The minimum Gasteiger partial charge on any atom is -0.462 e. The molecule has 0 saturated heterocycles. The fourth-order valence-electron chi connectivity index (χ4n) is 6.14. The Labute approximate surface area is 331 Å². The first-order chi connectivity index (χ1) is 26.4. The highest BCUT2D eigenvalue weighted by molar-refractivity contribution is 5.70. The molecule has 0 saturated carbocycles. The number of carbonyl (C=O) groups excluding carboxylic acids is 3. The molecule has 0 heterocycles. The molecular weight excluding hydrogens is 681 g/mol. The second-order valence-electron chi connectivity index (χ2n) is 15.0. The van der Waals surface area contributed by atoms with Gasteiger partial charge in [0.05, 0.1) is 6.61 Å². The second-order valence-corrected chi connectivity index (χ2v) is 15.0. The number of hydrogen-bond donors (Lipinski definition) is 2. The fourth-order valence-corrected chi connectivity index (χ4v) is 6.14. The number of likely N-dealkylation sites (N-methyl/N-ethyl adjacent to an activating group) is 1. The number of nitrogens with one attached hydrogen (secondary N) is 1. The molecule has 9 heteroatoms. The van der Waals surface area contributed by atoms with Crippen molar-refractivity contribution in [3.05, 3.63) is 24.3 Å². The molecule has 0 spiro atoms. The van der Waals surface area contributed by atoms with E-state index < -0.39 is 12.2 Å². The number of amides is 1. The van der Waals surface area contributed by atoms with Gasteiger partial charge in [0.2, 0.25) is 0 Å². The summed E-state index contributed by atoms with van der Waals surface area (Å²) in [5, 5.41) is 11.7. The summed E-state index contributed by atoms with van der Waals surface area (Å²) >= 11 is 0. The number of alkyl carbamates (subject to hydrolysis) is 1. The largest absolute Gasteiger partial charge is 0.462 e. The lowest BCUT2D eigenvalue weighted by Crippen LogP contribution is -2.38. The van der Waals surface area contributed by atoms with Gasteiger partial charge in [-0.25, -0.2) is 4.79 Å². The number of aliphatic hydroxyl groups is 1. The predicted molar refractivity (Wildman–Crippen MR) is 224 cm³/mol. The van der Waals surface area contributed by atoms with Gasteiger partial charge in [-0.05, 0) is 71.3 Å². The van der Waals surface area contributed by atoms with E-state index in [1.807, 2.05) is 11.9 Å². The van der Waals surface area contributed by atoms with Gasteiger partial charge in [-0.2, -0.15) is 0 Å². The summed E-state index contributed by atoms with van der Waals surface area (Å²) in [6.07, 6.45) is 39.3. The van der Waals surface area contributed by atoms with Crippen LogP contribution in [0.25, 0.3) is 0 Å². The Kier molecular flexibility index (Phi) is 39.9. The standard InChI is InChI=1S/C45H84N2O7/c1-4-6-8-10-12-14-16-18-20-22-24-26-28-30-32-34-43(49)52-40-42(54-45(51)46-36-37-47(3)38-39-48)41-53-44(50)35-33-31-29-27-25-23-21-19-17-15-13-11-9-7-5-2/h18-21,42,48H,4-17,22-41H2,1-3H3,(H,46,51). The van der Waals surface area contributed by atoms with Gasteiger partial charge in [0.1, 0.15) is 13.2 Å². The Balaban J connectivity index is 4.26. The van der Waals surface area contributed by atoms with E-state index in [0.29, 0.717) is 32.5 Å². The van der Waals surface area contributed by atoms with Gasteiger partial charge in [-0.3, -0.25) is 9.59 Å². The van der Waals surface area contributed by atoms with Crippen LogP contribution in [0.3, 0.4) is 0 Å². The van der Waals surface area contributed by atoms with Crippen molar-refractivity contribution >= 4 is 18.0 Å². The Morgan fingerprint density at radius 2 is 0.926 bits per heavy atom. The van der Waals surface area contributed by atoms with Gasteiger partial charge in [-0.15, -0.1) is 0 Å². The highest BCUT2D eigenvalue weighted by atomic mass is 16.6. The molecule has 0 radical (unpaired) electrons. The molecule has 0 aromatic carbocycles. The summed E-state index contributed by atoms with van der Waals surface area (Å²) in [6.45, 7) is 5.57. The van der Waals surface area contributed by atoms with E-state index in [9.17, 15) is 14.4 Å². The first kappa shape index (κ1) is 51.6. The molecule has 0 aliphatic carbocycles. The lowest BCUT2D eigenvalue weighted by Gasteiger charge is -2.19. The van der Waals surface area contributed by atoms with E-state index in [1.165, 1.54) is 103 Å². The van der Waals surface area contributed by atoms with Crippen molar-refractivity contribution in [1.82, 2.24) is 10.2 Å². The predicted octanol–water partition coefficient (Wildman–Crippen LogP) is 11.2. The fraction of sp³-hybridized carbons (Fsp3) is 0.844. The average Bonchev–Trinajstić information content (AvgIpc) is 3.15. The van der Waals surface area contributed by atoms with Crippen LogP contribution < -0.4 is 5.32 Å². The zero-order chi connectivity index (χ0) is 39.6. The van der Waals surface area contributed by atoms with Gasteiger partial charge in [-0.1, -0.05) is 141 Å². The minimum absolute atomic E-state index is 0.0355. The van der Waals surface area contributed by atoms with Gasteiger partial charge in [0.25, 0.3) is 0 Å². The third-order valence-corrected chi connectivity index (χ3v) is 9.66. The number of ether oxygens (including phenoxy) is 3. The lowest BCUT2D eigenvalue weighted by molar-refractivity contribution is -0.152. The summed E-state index contributed by atoms with van der Waals surface area (Å²) in [5.74, 6) is -0.682. The maximum absolute atomic E-state index is 12.5. The molecule has 0 fully saturated rings. The third-order valence-electron chi connectivity index (χ3n) is 9.66. The molecule has 0 aromatic heterocycles. The number of nitrogens with zero attached hydrogens (tertiary/aromatic N) is 1. The molecule has 0 rings (SSSR count). The molecule has 0 aliphatic rings. The molecule has 0 atom stereocenters. The van der Waals surface area contributed by atoms with E-state index in [0.717, 1.165) is 64.2 Å². The summed E-state index contributed by atoms with van der Waals surface area (Å²) in [7, 11) is 1.84. The smallest absolute Gasteiger partial charge is 0.407 e. The number of unbranched alkanes of at least 4 members (excludes halogenated alkanes) is 22. The van der Waals surface area contributed by atoms with E-state index in [1.54, 1.807) is 0 Å². The van der Waals surface area contributed by atoms with Crippen molar-refractivity contribution in [3.8, 4) is 0 Å². The summed E-state index contributed by atoms with van der Waals surface area (Å²) in [5.41, 5.74) is 0. The quantitative estimate of drug-likeness (QED) is 0.0274. The first-order valence-electron chi connectivity index (χ1n) is 22.3. The summed E-state index contributed by atoms with van der Waals surface area (Å²) < 4.78 is 16.3. The van der Waals surface area contributed by atoms with Gasteiger partial charge >= 0.3 is 18.0 Å². The Morgan fingerprint density at radius 1 is 0.556 bits per heavy atom. The molecule has 0 unspecified atom stereocenters. The molecular formula is C45H84N2O7. The number of rotatable bonds is 40. The van der Waals surface area contributed by atoms with Crippen LogP contribution >= 0.6 is 0 Å². The molecule has 0 aromatic rings. The van der Waals surface area contributed by atoms with Crippen molar-refractivity contribution in [2.45, 2.75) is 200 Å². The van der Waals surface area contributed by atoms with Crippen molar-refractivity contribution in [2.24, 2.45) is 0 Å². The van der Waals surface area contributed by atoms with Crippen molar-refractivity contribution in [3.63, 3.8) is 0 Å². The summed E-state index contributed by atoms with van der Waals surface area (Å²) in [6, 6.07) is 0. The normalized spacial score (nSPS) is 12.2. The monoisotopic (exact) mass is 765 g/mol. The maximum Gasteiger partial charge on any atom is 0.407 e. The van der Waals surface area contributed by atoms with Crippen molar-refractivity contribution < 1.29 is 33.7 Å². The van der Waals surface area contributed by atoms with Crippen molar-refractivity contribution in [1.29, 1.82) is 0 Å². The van der Waals surface area contributed by atoms with E-state index in [4.69, 9.17) is 19.3 Å². The zero-order valence-corrected chi connectivity index (χ0v) is 35.3. The number of aliphatic hydroxyl groups excluding tert-OH is 1. The van der Waals surface area contributed by atoms with Crippen LogP contribution in [0.2, 0.25) is 0 Å². The molecule has 1 amide bonds.